The van der Waals surface area contributed by atoms with Crippen LogP contribution in [-0.2, 0) is 27.9 Å². The van der Waals surface area contributed by atoms with Crippen LogP contribution in [0.1, 0.15) is 110 Å². The fraction of sp³-hybridized carbons (Fsp3) is 0.743. The Morgan fingerprint density at radius 2 is 1.32 bits per heavy atom. The highest BCUT2D eigenvalue weighted by Gasteiger charge is 2.20. The largest absolute Gasteiger partial charge is 0.756 e. The van der Waals surface area contributed by atoms with Gasteiger partial charge in [-0.1, -0.05) is 101 Å². The Kier molecular flexibility index (Phi) is 27.9. The van der Waals surface area contributed by atoms with Crippen LogP contribution in [-0.4, -0.2) is 70.7 Å². The summed E-state index contributed by atoms with van der Waals surface area (Å²) < 4.78 is 34.1. The summed E-state index contributed by atoms with van der Waals surface area (Å²) in [7, 11) is 1.32. The van der Waals surface area contributed by atoms with Crippen molar-refractivity contribution in [3.63, 3.8) is 0 Å². The first-order valence-electron chi connectivity index (χ1n) is 16.9. The highest BCUT2D eigenvalue weighted by atomic mass is 31.2. The van der Waals surface area contributed by atoms with E-state index in [4.69, 9.17) is 18.5 Å². The second-order valence-corrected chi connectivity index (χ2v) is 13.6. The molecule has 0 radical (unpaired) electrons. The molecule has 0 aliphatic carbocycles. The standard InChI is InChI=1S/C35H64NO7P/c1-6-8-10-12-14-15-16-17-18-19-20-21-22-23-25-27-30-40-32-34(43-35(37)28-26-24-13-11-9-7-2)33-42-44(38,39)41-31-29-36(3,4)5/h8,10,14-15,17-18,20-21,34H,6-7,9,11-13,16,19,22-33H2,1-5H3/b10-8-,15-14-,18-17-,21-20-. The highest BCUT2D eigenvalue weighted by molar-refractivity contribution is 7.45. The van der Waals surface area contributed by atoms with Crippen LogP contribution in [0.3, 0.4) is 0 Å². The van der Waals surface area contributed by atoms with Crippen molar-refractivity contribution in [2.45, 2.75) is 116 Å². The number of phosphoric ester groups is 1. The Morgan fingerprint density at radius 3 is 1.95 bits per heavy atom. The van der Waals surface area contributed by atoms with Crippen LogP contribution in [0.25, 0.3) is 0 Å². The molecule has 0 aromatic heterocycles. The van der Waals surface area contributed by atoms with Crippen LogP contribution in [0, 0.1) is 0 Å². The van der Waals surface area contributed by atoms with Crippen molar-refractivity contribution in [2.75, 3.05) is 54.1 Å². The Balaban J connectivity index is 4.33. The fourth-order valence-corrected chi connectivity index (χ4v) is 4.73. The smallest absolute Gasteiger partial charge is 0.306 e. The summed E-state index contributed by atoms with van der Waals surface area (Å²) in [5.74, 6) is -0.359. The third-order valence-electron chi connectivity index (χ3n) is 6.64. The van der Waals surface area contributed by atoms with Gasteiger partial charge < -0.3 is 27.9 Å². The van der Waals surface area contributed by atoms with Crippen molar-refractivity contribution >= 4 is 13.8 Å². The van der Waals surface area contributed by atoms with E-state index in [0.717, 1.165) is 70.6 Å². The van der Waals surface area contributed by atoms with Gasteiger partial charge >= 0.3 is 5.97 Å². The first kappa shape index (κ1) is 42.5. The van der Waals surface area contributed by atoms with E-state index >= 15 is 0 Å². The first-order valence-corrected chi connectivity index (χ1v) is 18.3. The molecule has 9 heteroatoms. The second-order valence-electron chi connectivity index (χ2n) is 12.1. The van der Waals surface area contributed by atoms with E-state index in [1.807, 2.05) is 21.1 Å². The molecular formula is C35H64NO7P. The van der Waals surface area contributed by atoms with Crippen molar-refractivity contribution in [3.8, 4) is 0 Å². The van der Waals surface area contributed by atoms with E-state index in [0.29, 0.717) is 24.1 Å². The van der Waals surface area contributed by atoms with Gasteiger partial charge in [0.05, 0.1) is 34.4 Å². The van der Waals surface area contributed by atoms with Gasteiger partial charge in [0.15, 0.2) is 0 Å². The minimum absolute atomic E-state index is 0.0180. The predicted octanol–water partition coefficient (Wildman–Crippen LogP) is 8.24. The van der Waals surface area contributed by atoms with Crippen molar-refractivity contribution < 1.29 is 37.3 Å². The number of quaternary nitrogens is 1. The van der Waals surface area contributed by atoms with Gasteiger partial charge in [0.2, 0.25) is 0 Å². The van der Waals surface area contributed by atoms with E-state index < -0.39 is 13.9 Å². The molecule has 0 aromatic rings. The molecule has 0 N–H and O–H groups in total. The molecule has 2 atom stereocenters. The predicted molar refractivity (Wildman–Crippen MR) is 180 cm³/mol. The lowest BCUT2D eigenvalue weighted by Gasteiger charge is -2.28. The highest BCUT2D eigenvalue weighted by Crippen LogP contribution is 2.38. The Hall–Kier alpha value is -1.54. The number of rotatable bonds is 30. The Morgan fingerprint density at radius 1 is 0.727 bits per heavy atom. The third-order valence-corrected chi connectivity index (χ3v) is 7.61. The minimum atomic E-state index is -4.51. The number of esters is 1. The van der Waals surface area contributed by atoms with Crippen molar-refractivity contribution in [3.05, 3.63) is 48.6 Å². The number of allylic oxidation sites excluding steroid dienone is 8. The van der Waals surface area contributed by atoms with Crippen molar-refractivity contribution in [2.24, 2.45) is 0 Å². The minimum Gasteiger partial charge on any atom is -0.756 e. The first-order chi connectivity index (χ1) is 21.1. The molecule has 0 saturated carbocycles. The van der Waals surface area contributed by atoms with Gasteiger partial charge in [-0.2, -0.15) is 0 Å². The van der Waals surface area contributed by atoms with E-state index in [-0.39, 0.29) is 25.8 Å². The topological polar surface area (TPSA) is 94.1 Å². The van der Waals surface area contributed by atoms with Crippen LogP contribution in [0.5, 0.6) is 0 Å². The molecule has 0 aliphatic rings. The molecule has 0 spiro atoms. The molecular weight excluding hydrogens is 577 g/mol. The maximum Gasteiger partial charge on any atom is 0.306 e. The summed E-state index contributed by atoms with van der Waals surface area (Å²) in [6.07, 6.45) is 31.5. The zero-order valence-electron chi connectivity index (χ0n) is 28.6. The molecule has 2 unspecified atom stereocenters. The van der Waals surface area contributed by atoms with Gasteiger partial charge in [-0.05, 0) is 51.4 Å². The maximum atomic E-state index is 12.4. The molecule has 0 aromatic carbocycles. The number of phosphoric acid groups is 1. The van der Waals surface area contributed by atoms with Crippen LogP contribution in [0.2, 0.25) is 0 Å². The Labute approximate surface area is 269 Å². The summed E-state index contributed by atoms with van der Waals surface area (Å²) >= 11 is 0. The molecule has 8 nitrogen and oxygen atoms in total. The molecule has 0 amide bonds. The number of ether oxygens (including phenoxy) is 2. The molecule has 256 valence electrons. The van der Waals surface area contributed by atoms with Crippen LogP contribution in [0.4, 0.5) is 0 Å². The number of carbonyl (C=O) groups is 1. The molecule has 0 aliphatic heterocycles. The van der Waals surface area contributed by atoms with Crippen molar-refractivity contribution in [1.29, 1.82) is 0 Å². The lowest BCUT2D eigenvalue weighted by atomic mass is 10.1. The number of hydrogen-bond donors (Lipinski definition) is 0. The molecule has 0 heterocycles. The fourth-order valence-electron chi connectivity index (χ4n) is 4.00. The number of hydrogen-bond acceptors (Lipinski definition) is 7. The average Bonchev–Trinajstić information content (AvgIpc) is 2.96. The second kappa shape index (κ2) is 28.9. The summed E-state index contributed by atoms with van der Waals surface area (Å²) in [5, 5.41) is 0. The average molecular weight is 642 g/mol. The number of nitrogens with zero attached hydrogens (tertiary/aromatic N) is 1. The van der Waals surface area contributed by atoms with E-state index in [2.05, 4.69) is 62.5 Å². The van der Waals surface area contributed by atoms with E-state index in [9.17, 15) is 14.3 Å². The van der Waals surface area contributed by atoms with Crippen molar-refractivity contribution in [1.82, 2.24) is 0 Å². The molecule has 0 saturated heterocycles. The molecule has 44 heavy (non-hydrogen) atoms. The summed E-state index contributed by atoms with van der Waals surface area (Å²) in [5.41, 5.74) is 0. The quantitative estimate of drug-likeness (QED) is 0.0256. The lowest BCUT2D eigenvalue weighted by Crippen LogP contribution is -2.37. The molecule has 0 rings (SSSR count). The molecule has 0 fully saturated rings. The van der Waals surface area contributed by atoms with Gasteiger partial charge in [0.1, 0.15) is 19.3 Å². The Bertz CT molecular complexity index is 849. The number of likely N-dealkylation sites (N-methyl/N-ethyl adjacent to an activating group) is 1. The maximum absolute atomic E-state index is 12.4. The normalized spacial score (nSPS) is 14.8. The zero-order valence-corrected chi connectivity index (χ0v) is 29.5. The number of carbonyl (C=O) groups excluding carboxylic acids is 1. The summed E-state index contributed by atoms with van der Waals surface area (Å²) in [4.78, 5) is 24.6. The van der Waals surface area contributed by atoms with E-state index in [1.165, 1.54) is 19.3 Å². The summed E-state index contributed by atoms with van der Waals surface area (Å²) in [6, 6.07) is 0. The SMILES string of the molecule is CC/C=C\C/C=C\C/C=C\C/C=C\CCCCCOCC(COP(=O)([O-])OCC[N+](C)(C)C)OC(=O)CCCCCCCC. The van der Waals surface area contributed by atoms with Gasteiger partial charge in [0.25, 0.3) is 7.82 Å². The van der Waals surface area contributed by atoms with Crippen LogP contribution in [0.15, 0.2) is 48.6 Å². The molecule has 0 bridgehead atoms. The van der Waals surface area contributed by atoms with Gasteiger partial charge in [-0.25, -0.2) is 0 Å². The summed E-state index contributed by atoms with van der Waals surface area (Å²) in [6.45, 7) is 5.11. The van der Waals surface area contributed by atoms with E-state index in [1.54, 1.807) is 0 Å². The lowest BCUT2D eigenvalue weighted by molar-refractivity contribution is -0.870. The monoisotopic (exact) mass is 641 g/mol. The van der Waals surface area contributed by atoms with Gasteiger partial charge in [-0.3, -0.25) is 9.36 Å². The van der Waals surface area contributed by atoms with Gasteiger partial charge in [-0.15, -0.1) is 0 Å². The third kappa shape index (κ3) is 31.9. The van der Waals surface area contributed by atoms with Gasteiger partial charge in [0, 0.05) is 13.0 Å². The van der Waals surface area contributed by atoms with Crippen LogP contribution >= 0.6 is 7.82 Å². The zero-order chi connectivity index (χ0) is 32.8. The number of unbranched alkanes of at least 4 members (excludes halogenated alkanes) is 8. The van der Waals surface area contributed by atoms with Crippen LogP contribution < -0.4 is 4.89 Å².